The van der Waals surface area contributed by atoms with Gasteiger partial charge < -0.3 is 0 Å². The van der Waals surface area contributed by atoms with Gasteiger partial charge in [-0.05, 0) is 24.6 Å². The van der Waals surface area contributed by atoms with Crippen LogP contribution in [0.5, 0.6) is 0 Å². The molecule has 0 aliphatic rings. The SMILES string of the molecule is Cc1ccnc(-c2ccc([Si](C)(C)C)cc2)c1. The number of aromatic nitrogens is 1. The minimum absolute atomic E-state index is 1.06. The summed E-state index contributed by atoms with van der Waals surface area (Å²) in [6.45, 7) is 9.20. The van der Waals surface area contributed by atoms with Crippen molar-refractivity contribution < 1.29 is 0 Å². The lowest BCUT2D eigenvalue weighted by atomic mass is 10.1. The molecule has 2 rings (SSSR count). The summed E-state index contributed by atoms with van der Waals surface area (Å²) in [6.07, 6.45) is 1.87. The van der Waals surface area contributed by atoms with Crippen LogP contribution in [0.2, 0.25) is 19.6 Å². The van der Waals surface area contributed by atoms with Crippen LogP contribution in [0.15, 0.2) is 42.6 Å². The van der Waals surface area contributed by atoms with E-state index in [1.165, 1.54) is 16.3 Å². The molecule has 1 nitrogen and oxygen atoms in total. The molecule has 2 heteroatoms. The number of benzene rings is 1. The fourth-order valence-electron chi connectivity index (χ4n) is 1.84. The highest BCUT2D eigenvalue weighted by Crippen LogP contribution is 2.17. The van der Waals surface area contributed by atoms with Crippen molar-refractivity contribution in [3.05, 3.63) is 48.2 Å². The highest BCUT2D eigenvalue weighted by atomic mass is 28.3. The van der Waals surface area contributed by atoms with E-state index in [4.69, 9.17) is 0 Å². The molecule has 88 valence electrons. The molecule has 1 aromatic heterocycles. The van der Waals surface area contributed by atoms with Gasteiger partial charge in [0.05, 0.1) is 13.8 Å². The molecular weight excluding hydrogens is 222 g/mol. The van der Waals surface area contributed by atoms with Gasteiger partial charge in [0.2, 0.25) is 0 Å². The van der Waals surface area contributed by atoms with E-state index in [0.717, 1.165) is 5.69 Å². The summed E-state index contributed by atoms with van der Waals surface area (Å²) in [5, 5.41) is 1.49. The molecule has 1 heterocycles. The lowest BCUT2D eigenvalue weighted by molar-refractivity contribution is 1.29. The fraction of sp³-hybridized carbons (Fsp3) is 0.267. The Kier molecular flexibility index (Phi) is 3.16. The molecule has 0 saturated heterocycles. The van der Waals surface area contributed by atoms with Crippen LogP contribution in [0.3, 0.4) is 0 Å². The zero-order chi connectivity index (χ0) is 12.5. The van der Waals surface area contributed by atoms with Crippen molar-refractivity contribution in [2.45, 2.75) is 26.6 Å². The third kappa shape index (κ3) is 2.83. The van der Waals surface area contributed by atoms with Gasteiger partial charge in [0, 0.05) is 11.8 Å². The van der Waals surface area contributed by atoms with Gasteiger partial charge in [-0.25, -0.2) is 0 Å². The monoisotopic (exact) mass is 241 g/mol. The maximum absolute atomic E-state index is 4.41. The van der Waals surface area contributed by atoms with E-state index in [-0.39, 0.29) is 0 Å². The van der Waals surface area contributed by atoms with Gasteiger partial charge in [0.25, 0.3) is 0 Å². The van der Waals surface area contributed by atoms with E-state index in [9.17, 15) is 0 Å². The van der Waals surface area contributed by atoms with Gasteiger partial charge in [-0.1, -0.05) is 49.1 Å². The number of hydrogen-bond donors (Lipinski definition) is 0. The first-order valence-electron chi connectivity index (χ1n) is 6.00. The Morgan fingerprint density at radius 2 is 1.59 bits per heavy atom. The Morgan fingerprint density at radius 1 is 0.941 bits per heavy atom. The topological polar surface area (TPSA) is 12.9 Å². The van der Waals surface area contributed by atoms with Gasteiger partial charge in [-0.15, -0.1) is 0 Å². The molecule has 17 heavy (non-hydrogen) atoms. The lowest BCUT2D eigenvalue weighted by Crippen LogP contribution is -2.37. The van der Waals surface area contributed by atoms with Crippen LogP contribution >= 0.6 is 0 Å². The lowest BCUT2D eigenvalue weighted by Gasteiger charge is -2.16. The summed E-state index contributed by atoms with van der Waals surface area (Å²) in [6, 6.07) is 13.0. The molecule has 0 unspecified atom stereocenters. The van der Waals surface area contributed by atoms with Crippen LogP contribution in [0.4, 0.5) is 0 Å². The van der Waals surface area contributed by atoms with E-state index in [0.29, 0.717) is 0 Å². The second kappa shape index (κ2) is 4.45. The number of pyridine rings is 1. The molecule has 2 aromatic rings. The summed E-state index contributed by atoms with van der Waals surface area (Å²) in [5.74, 6) is 0. The molecule has 0 radical (unpaired) electrons. The third-order valence-corrected chi connectivity index (χ3v) is 5.03. The summed E-state index contributed by atoms with van der Waals surface area (Å²) in [5.41, 5.74) is 3.52. The maximum atomic E-state index is 4.41. The highest BCUT2D eigenvalue weighted by Gasteiger charge is 2.15. The minimum Gasteiger partial charge on any atom is -0.256 e. The van der Waals surface area contributed by atoms with Crippen molar-refractivity contribution in [2.24, 2.45) is 0 Å². The Hall–Kier alpha value is -1.41. The predicted molar refractivity (Wildman–Crippen MR) is 77.4 cm³/mol. The second-order valence-corrected chi connectivity index (χ2v) is 10.6. The Morgan fingerprint density at radius 3 is 2.12 bits per heavy atom. The maximum Gasteiger partial charge on any atom is 0.0775 e. The van der Waals surface area contributed by atoms with Crippen molar-refractivity contribution in [1.29, 1.82) is 0 Å². The molecule has 0 spiro atoms. The number of hydrogen-bond acceptors (Lipinski definition) is 1. The summed E-state index contributed by atoms with van der Waals surface area (Å²) in [4.78, 5) is 4.41. The summed E-state index contributed by atoms with van der Waals surface area (Å²) >= 11 is 0. The van der Waals surface area contributed by atoms with Crippen LogP contribution in [0.1, 0.15) is 5.56 Å². The van der Waals surface area contributed by atoms with Crippen LogP contribution in [-0.2, 0) is 0 Å². The van der Waals surface area contributed by atoms with Crippen molar-refractivity contribution in [2.75, 3.05) is 0 Å². The van der Waals surface area contributed by atoms with Crippen molar-refractivity contribution in [3.63, 3.8) is 0 Å². The molecule has 0 amide bonds. The average Bonchev–Trinajstić information content (AvgIpc) is 2.28. The van der Waals surface area contributed by atoms with Crippen LogP contribution < -0.4 is 5.19 Å². The van der Waals surface area contributed by atoms with Crippen molar-refractivity contribution in [3.8, 4) is 11.3 Å². The molecule has 0 aliphatic heterocycles. The molecular formula is C15H19NSi. The molecule has 1 aromatic carbocycles. The van der Waals surface area contributed by atoms with Gasteiger partial charge in [0.15, 0.2) is 0 Å². The van der Waals surface area contributed by atoms with E-state index in [1.807, 2.05) is 12.3 Å². The molecule has 0 fully saturated rings. The highest BCUT2D eigenvalue weighted by molar-refractivity contribution is 6.88. The zero-order valence-corrected chi connectivity index (χ0v) is 12.0. The Bertz CT molecular complexity index is 509. The first-order valence-corrected chi connectivity index (χ1v) is 9.50. The van der Waals surface area contributed by atoms with Gasteiger partial charge in [0.1, 0.15) is 0 Å². The second-order valence-electron chi connectivity index (χ2n) is 5.55. The smallest absolute Gasteiger partial charge is 0.0775 e. The molecule has 0 atom stereocenters. The quantitative estimate of drug-likeness (QED) is 0.732. The predicted octanol–water partition coefficient (Wildman–Crippen LogP) is 3.60. The molecule has 0 saturated carbocycles. The van der Waals surface area contributed by atoms with E-state index in [1.54, 1.807) is 0 Å². The number of rotatable bonds is 2. The normalized spacial score (nSPS) is 11.5. The third-order valence-electron chi connectivity index (χ3n) is 2.96. The van der Waals surface area contributed by atoms with E-state index < -0.39 is 8.07 Å². The van der Waals surface area contributed by atoms with Gasteiger partial charge >= 0.3 is 0 Å². The van der Waals surface area contributed by atoms with Crippen molar-refractivity contribution >= 4 is 13.3 Å². The summed E-state index contributed by atoms with van der Waals surface area (Å²) < 4.78 is 0. The standard InChI is InChI=1S/C15H19NSi/c1-12-9-10-16-15(11-12)13-5-7-14(8-6-13)17(2,3)4/h5-11H,1-4H3. The van der Waals surface area contributed by atoms with Gasteiger partial charge in [-0.2, -0.15) is 0 Å². The minimum atomic E-state index is -1.19. The zero-order valence-electron chi connectivity index (χ0n) is 11.0. The largest absolute Gasteiger partial charge is 0.256 e. The Labute approximate surface area is 105 Å². The Balaban J connectivity index is 2.36. The average molecular weight is 241 g/mol. The summed E-state index contributed by atoms with van der Waals surface area (Å²) in [7, 11) is -1.19. The molecule has 0 N–H and O–H groups in total. The molecule has 0 bridgehead atoms. The van der Waals surface area contributed by atoms with E-state index in [2.05, 4.69) is 61.9 Å². The first-order chi connectivity index (χ1) is 7.97. The van der Waals surface area contributed by atoms with E-state index >= 15 is 0 Å². The first kappa shape index (κ1) is 12.1. The van der Waals surface area contributed by atoms with Crippen LogP contribution in [0, 0.1) is 6.92 Å². The molecule has 0 aliphatic carbocycles. The fourth-order valence-corrected chi connectivity index (χ4v) is 3.00. The van der Waals surface area contributed by atoms with Crippen molar-refractivity contribution in [1.82, 2.24) is 4.98 Å². The van der Waals surface area contributed by atoms with Crippen LogP contribution in [0.25, 0.3) is 11.3 Å². The number of aryl methyl sites for hydroxylation is 1. The number of nitrogens with zero attached hydrogens (tertiary/aromatic N) is 1. The van der Waals surface area contributed by atoms with Gasteiger partial charge in [-0.3, -0.25) is 4.98 Å². The van der Waals surface area contributed by atoms with Crippen LogP contribution in [-0.4, -0.2) is 13.1 Å².